The molecule has 9 heteroatoms. The Hall–Kier alpha value is -3.98. The van der Waals surface area contributed by atoms with Crippen LogP contribution in [0.2, 0.25) is 0 Å². The van der Waals surface area contributed by atoms with Crippen molar-refractivity contribution in [2.45, 2.75) is 66.1 Å². The molecule has 0 saturated heterocycles. The van der Waals surface area contributed by atoms with E-state index in [1.54, 1.807) is 20.8 Å². The highest BCUT2D eigenvalue weighted by Gasteiger charge is 2.24. The summed E-state index contributed by atoms with van der Waals surface area (Å²) in [5.74, 6) is -1.97. The summed E-state index contributed by atoms with van der Waals surface area (Å²) < 4.78 is 18.3. The number of carboxylic acid groups (broad SMARTS) is 1. The number of aliphatic carboxylic acids is 1. The summed E-state index contributed by atoms with van der Waals surface area (Å²) in [4.78, 5) is 29.2. The Morgan fingerprint density at radius 1 is 1.12 bits per heavy atom. The summed E-state index contributed by atoms with van der Waals surface area (Å²) in [5, 5.41) is 21.5. The molecule has 1 unspecified atom stereocenters. The smallest absolute Gasteiger partial charge is 0.407 e. The number of halogens is 1. The van der Waals surface area contributed by atoms with E-state index in [9.17, 15) is 24.2 Å². The Balaban J connectivity index is 0.000000802. The van der Waals surface area contributed by atoms with Crippen molar-refractivity contribution < 1.29 is 28.9 Å². The van der Waals surface area contributed by atoms with E-state index in [1.165, 1.54) is 23.3 Å². The molecule has 2 rings (SSSR count). The molecule has 0 radical (unpaired) electrons. The molecule has 0 aliphatic carbocycles. The number of hydrogen-bond donors (Lipinski definition) is 3. The Labute approximate surface area is 250 Å². The summed E-state index contributed by atoms with van der Waals surface area (Å²) in [6.45, 7) is 17.6. The lowest BCUT2D eigenvalue weighted by Crippen LogP contribution is -2.38. The van der Waals surface area contributed by atoms with Gasteiger partial charge in [-0.15, -0.1) is 0 Å². The van der Waals surface area contributed by atoms with E-state index >= 15 is 0 Å². The average molecular weight is 586 g/mol. The molecular formula is C33H48FN3O5. The molecule has 42 heavy (non-hydrogen) atoms. The maximum atomic E-state index is 13.3. The Kier molecular flexibility index (Phi) is 17.4. The molecule has 1 aromatic heterocycles. The Morgan fingerprint density at radius 3 is 2.12 bits per heavy atom. The molecule has 2 aromatic rings. The van der Waals surface area contributed by atoms with Crippen molar-refractivity contribution in [2.75, 3.05) is 25.5 Å². The second kappa shape index (κ2) is 19.2. The lowest BCUT2D eigenvalue weighted by atomic mass is 9.93. The molecule has 1 aromatic carbocycles. The van der Waals surface area contributed by atoms with E-state index in [0.29, 0.717) is 0 Å². The minimum absolute atomic E-state index is 0.102. The first kappa shape index (κ1) is 38.0. The van der Waals surface area contributed by atoms with Gasteiger partial charge in [-0.1, -0.05) is 69.0 Å². The number of aromatic nitrogens is 1. The number of aliphatic hydroxyl groups excluding tert-OH is 1. The number of nitrogens with one attached hydrogen (secondary N) is 1. The molecule has 232 valence electrons. The van der Waals surface area contributed by atoms with Gasteiger partial charge in [0.05, 0.1) is 12.0 Å². The lowest BCUT2D eigenvalue weighted by Gasteiger charge is -2.21. The SMILES string of the molecule is C=C/C=C(/CC(C[C@H](O)CNC(=O)OC(C)(C)C)C(=O)O)C(=C)F.CC.Cc1ccc(-c2ccc(N(C)C)nc2)cc1. The molecule has 0 bridgehead atoms. The van der Waals surface area contributed by atoms with Gasteiger partial charge >= 0.3 is 12.1 Å². The third-order valence-corrected chi connectivity index (χ3v) is 5.51. The molecule has 0 spiro atoms. The third kappa shape index (κ3) is 15.7. The molecule has 3 N–H and O–H groups in total. The number of nitrogens with zero attached hydrogens (tertiary/aromatic N) is 2. The molecule has 1 amide bonds. The number of carbonyl (C=O) groups excluding carboxylic acids is 1. The van der Waals surface area contributed by atoms with Gasteiger partial charge in [0.2, 0.25) is 0 Å². The van der Waals surface area contributed by atoms with Crippen molar-refractivity contribution in [3.05, 3.63) is 84.9 Å². The van der Waals surface area contributed by atoms with Gasteiger partial charge in [-0.3, -0.25) is 4.79 Å². The molecule has 0 saturated carbocycles. The van der Waals surface area contributed by atoms with Crippen LogP contribution in [-0.2, 0) is 9.53 Å². The standard InChI is InChI=1S/C17H26FNO5.C14H16N2.C2H6/c1-6-7-12(11(2)18)8-13(15(21)22)9-14(20)10-19-16(23)24-17(3,4)5;1-11-4-6-12(7-5-11)13-8-9-14(15-10-13)16(2)3;1-2/h6-7,13-14,20H,1-2,8-10H2,3-5H3,(H,19,23)(H,21,22);4-10H,1-3H3;1-2H3/b12-7-;;/t13?,14-;;/m0../s1. The average Bonchev–Trinajstić information content (AvgIpc) is 2.92. The van der Waals surface area contributed by atoms with Crippen LogP contribution in [-0.4, -0.2) is 59.6 Å². The highest BCUT2D eigenvalue weighted by atomic mass is 19.1. The Morgan fingerprint density at radius 2 is 1.69 bits per heavy atom. The quantitative estimate of drug-likeness (QED) is 0.241. The number of rotatable bonds is 11. The number of ether oxygens (including phenoxy) is 1. The van der Waals surface area contributed by atoms with Gasteiger partial charge in [0, 0.05) is 32.4 Å². The lowest BCUT2D eigenvalue weighted by molar-refractivity contribution is -0.142. The minimum Gasteiger partial charge on any atom is -0.481 e. The zero-order valence-corrected chi connectivity index (χ0v) is 26.3. The van der Waals surface area contributed by atoms with Crippen molar-refractivity contribution in [3.8, 4) is 11.1 Å². The highest BCUT2D eigenvalue weighted by Crippen LogP contribution is 2.23. The van der Waals surface area contributed by atoms with Gasteiger partial charge in [-0.05, 0) is 63.8 Å². The second-order valence-electron chi connectivity index (χ2n) is 10.5. The second-order valence-corrected chi connectivity index (χ2v) is 10.5. The Bertz CT molecular complexity index is 1150. The maximum absolute atomic E-state index is 13.3. The van der Waals surface area contributed by atoms with E-state index in [4.69, 9.17) is 4.74 Å². The van der Waals surface area contributed by atoms with Gasteiger partial charge in [-0.25, -0.2) is 14.2 Å². The van der Waals surface area contributed by atoms with Gasteiger partial charge < -0.3 is 25.2 Å². The molecule has 0 fully saturated rings. The number of aryl methyl sites for hydroxylation is 1. The predicted octanol–water partition coefficient (Wildman–Crippen LogP) is 7.10. The van der Waals surface area contributed by atoms with Crippen LogP contribution in [0.4, 0.5) is 15.0 Å². The normalized spacial score (nSPS) is 12.3. The zero-order chi connectivity index (χ0) is 32.5. The largest absolute Gasteiger partial charge is 0.481 e. The molecule has 2 atom stereocenters. The number of aliphatic hydroxyl groups is 1. The predicted molar refractivity (Wildman–Crippen MR) is 169 cm³/mol. The number of pyridine rings is 1. The monoisotopic (exact) mass is 585 g/mol. The summed E-state index contributed by atoms with van der Waals surface area (Å²) in [5.41, 5.74) is 3.07. The van der Waals surface area contributed by atoms with E-state index in [1.807, 2.05) is 45.1 Å². The first-order valence-electron chi connectivity index (χ1n) is 13.9. The first-order chi connectivity index (χ1) is 19.6. The number of allylic oxidation sites excluding steroid dienone is 4. The summed E-state index contributed by atoms with van der Waals surface area (Å²) >= 11 is 0. The van der Waals surface area contributed by atoms with E-state index < -0.39 is 35.5 Å². The summed E-state index contributed by atoms with van der Waals surface area (Å²) in [7, 11) is 3.99. The van der Waals surface area contributed by atoms with Crippen molar-refractivity contribution >= 4 is 17.9 Å². The minimum atomic E-state index is -1.18. The highest BCUT2D eigenvalue weighted by molar-refractivity contribution is 5.71. The van der Waals surface area contributed by atoms with Crippen LogP contribution in [0, 0.1) is 12.8 Å². The molecule has 0 aliphatic heterocycles. The number of alkyl carbamates (subject to hydrolysis) is 1. The van der Waals surface area contributed by atoms with Crippen LogP contribution in [0.25, 0.3) is 11.1 Å². The van der Waals surface area contributed by atoms with Crippen LogP contribution in [0.15, 0.2) is 79.3 Å². The van der Waals surface area contributed by atoms with E-state index in [0.717, 1.165) is 11.4 Å². The van der Waals surface area contributed by atoms with Gasteiger partial charge in [0.15, 0.2) is 0 Å². The van der Waals surface area contributed by atoms with Crippen LogP contribution in [0.3, 0.4) is 0 Å². The van der Waals surface area contributed by atoms with Crippen molar-refractivity contribution in [1.82, 2.24) is 10.3 Å². The number of benzene rings is 1. The molecule has 0 aliphatic rings. The topological polar surface area (TPSA) is 112 Å². The van der Waals surface area contributed by atoms with Crippen molar-refractivity contribution in [2.24, 2.45) is 5.92 Å². The van der Waals surface area contributed by atoms with Gasteiger partial charge in [0.1, 0.15) is 17.2 Å². The number of carboxylic acids is 1. The van der Waals surface area contributed by atoms with Crippen LogP contribution >= 0.6 is 0 Å². The van der Waals surface area contributed by atoms with Crippen molar-refractivity contribution in [3.63, 3.8) is 0 Å². The van der Waals surface area contributed by atoms with E-state index in [-0.39, 0.29) is 25.0 Å². The fourth-order valence-corrected chi connectivity index (χ4v) is 3.44. The van der Waals surface area contributed by atoms with Crippen LogP contribution in [0.5, 0.6) is 0 Å². The van der Waals surface area contributed by atoms with Gasteiger partial charge in [-0.2, -0.15) is 0 Å². The number of anilines is 1. The summed E-state index contributed by atoms with van der Waals surface area (Å²) in [6.07, 6.45) is 2.46. The van der Waals surface area contributed by atoms with Crippen LogP contribution in [0.1, 0.15) is 53.0 Å². The first-order valence-corrected chi connectivity index (χ1v) is 13.9. The molecule has 8 nitrogen and oxygen atoms in total. The van der Waals surface area contributed by atoms with E-state index in [2.05, 4.69) is 60.7 Å². The fraction of sp³-hybridized carbons (Fsp3) is 0.424. The summed E-state index contributed by atoms with van der Waals surface area (Å²) in [6, 6.07) is 12.6. The molecular weight excluding hydrogens is 537 g/mol. The van der Waals surface area contributed by atoms with Crippen molar-refractivity contribution in [1.29, 1.82) is 0 Å². The zero-order valence-electron chi connectivity index (χ0n) is 26.3. The molecule has 1 heterocycles. The van der Waals surface area contributed by atoms with Crippen LogP contribution < -0.4 is 10.2 Å². The van der Waals surface area contributed by atoms with Gasteiger partial charge in [0.25, 0.3) is 0 Å². The maximum Gasteiger partial charge on any atom is 0.407 e. The fourth-order valence-electron chi connectivity index (χ4n) is 3.44. The number of hydrogen-bond acceptors (Lipinski definition) is 6. The number of amides is 1. The third-order valence-electron chi connectivity index (χ3n) is 5.51. The number of carbonyl (C=O) groups is 2.